The normalized spacial score (nSPS) is 10.3. The number of hydrogen-bond acceptors (Lipinski definition) is 3. The molecule has 0 aliphatic carbocycles. The number of aryl methyl sites for hydroxylation is 6. The van der Waals surface area contributed by atoms with Gasteiger partial charge < -0.3 is 9.84 Å². The first-order valence-corrected chi connectivity index (χ1v) is 12.1. The molecule has 0 saturated carbocycles. The molecule has 0 amide bonds. The Morgan fingerprint density at radius 2 is 1.09 bits per heavy atom. The molecule has 0 aliphatic heterocycles. The number of carboxylic acid groups (broad SMARTS) is 1. The van der Waals surface area contributed by atoms with Gasteiger partial charge in [0, 0.05) is 12.8 Å². The van der Waals surface area contributed by atoms with Crippen LogP contribution in [0.3, 0.4) is 0 Å². The molecule has 0 spiro atoms. The first kappa shape index (κ1) is 27.8. The van der Waals surface area contributed by atoms with E-state index in [-0.39, 0.29) is 12.4 Å². The first-order chi connectivity index (χ1) is 16.6. The van der Waals surface area contributed by atoms with Crippen LogP contribution in [0.25, 0.3) is 0 Å². The molecule has 0 bridgehead atoms. The highest BCUT2D eigenvalue weighted by Crippen LogP contribution is 2.17. The fourth-order valence-corrected chi connectivity index (χ4v) is 3.85. The van der Waals surface area contributed by atoms with Crippen molar-refractivity contribution in [1.82, 2.24) is 0 Å². The average Bonchev–Trinajstić information content (AvgIpc) is 2.82. The van der Waals surface area contributed by atoms with Crippen LogP contribution in [0.1, 0.15) is 62.9 Å². The van der Waals surface area contributed by atoms with E-state index in [0.717, 1.165) is 17.5 Å². The molecule has 186 valence electrons. The van der Waals surface area contributed by atoms with Gasteiger partial charge >= 0.3 is 11.9 Å². The van der Waals surface area contributed by atoms with Crippen LogP contribution < -0.4 is 0 Å². The molecule has 0 heterocycles. The van der Waals surface area contributed by atoms with E-state index in [1.165, 1.54) is 38.9 Å². The van der Waals surface area contributed by atoms with Gasteiger partial charge in [-0.1, -0.05) is 54.6 Å². The summed E-state index contributed by atoms with van der Waals surface area (Å²) in [4.78, 5) is 22.2. The van der Waals surface area contributed by atoms with Crippen LogP contribution in [0.15, 0.2) is 54.6 Å². The van der Waals surface area contributed by atoms with Gasteiger partial charge in [-0.05, 0) is 104 Å². The van der Waals surface area contributed by atoms with Gasteiger partial charge in [0.05, 0.1) is 0 Å². The first-order valence-electron chi connectivity index (χ1n) is 12.1. The summed E-state index contributed by atoms with van der Waals surface area (Å²) in [5.74, 6) is -0.879. The Labute approximate surface area is 210 Å². The number of rotatable bonds is 8. The molecule has 3 aromatic rings. The van der Waals surface area contributed by atoms with E-state index in [9.17, 15) is 9.59 Å². The summed E-state index contributed by atoms with van der Waals surface area (Å²) in [5, 5.41) is 8.57. The van der Waals surface area contributed by atoms with Crippen molar-refractivity contribution in [2.45, 2.75) is 73.8 Å². The van der Waals surface area contributed by atoms with Crippen LogP contribution in [0.4, 0.5) is 0 Å². The highest BCUT2D eigenvalue weighted by atomic mass is 16.5. The number of hydrogen-bond donors (Lipinski definition) is 1. The smallest absolute Gasteiger partial charge is 0.306 e. The predicted octanol–water partition coefficient (Wildman–Crippen LogP) is 6.92. The summed E-state index contributed by atoms with van der Waals surface area (Å²) in [5.41, 5.74) is 11.0. The number of carbonyl (C=O) groups is 2. The van der Waals surface area contributed by atoms with Crippen molar-refractivity contribution in [2.75, 3.05) is 0 Å². The lowest BCUT2D eigenvalue weighted by Crippen LogP contribution is -2.06. The van der Waals surface area contributed by atoms with Crippen LogP contribution in [0, 0.1) is 41.5 Å². The third kappa shape index (κ3) is 9.40. The summed E-state index contributed by atoms with van der Waals surface area (Å²) < 4.78 is 5.30. The lowest BCUT2D eigenvalue weighted by Gasteiger charge is -2.09. The van der Waals surface area contributed by atoms with Crippen molar-refractivity contribution < 1.29 is 19.4 Å². The van der Waals surface area contributed by atoms with E-state index < -0.39 is 5.97 Å². The zero-order valence-corrected chi connectivity index (χ0v) is 21.9. The summed E-state index contributed by atoms with van der Waals surface area (Å²) >= 11 is 0. The van der Waals surface area contributed by atoms with Crippen LogP contribution in [-0.2, 0) is 33.8 Å². The molecule has 1 N–H and O–H groups in total. The highest BCUT2D eigenvalue weighted by Gasteiger charge is 2.07. The molecule has 0 unspecified atom stereocenters. The zero-order valence-electron chi connectivity index (χ0n) is 21.9. The van der Waals surface area contributed by atoms with E-state index >= 15 is 0 Å². The number of aliphatic carboxylic acids is 1. The molecule has 3 rings (SSSR count). The second-order valence-corrected chi connectivity index (χ2v) is 9.25. The summed E-state index contributed by atoms with van der Waals surface area (Å²) in [6, 6.07) is 18.2. The Morgan fingerprint density at radius 3 is 1.51 bits per heavy atom. The minimum atomic E-state index is -0.735. The molecule has 0 saturated heterocycles. The largest absolute Gasteiger partial charge is 0.481 e. The molecule has 3 aromatic carbocycles. The van der Waals surface area contributed by atoms with Crippen molar-refractivity contribution in [2.24, 2.45) is 0 Å². The molecule has 4 nitrogen and oxygen atoms in total. The summed E-state index contributed by atoms with van der Waals surface area (Å²) in [7, 11) is 0. The minimum absolute atomic E-state index is 0.144. The highest BCUT2D eigenvalue weighted by molar-refractivity contribution is 5.69. The molecule has 35 heavy (non-hydrogen) atoms. The third-order valence-corrected chi connectivity index (χ3v) is 6.46. The van der Waals surface area contributed by atoms with Crippen LogP contribution >= 0.6 is 0 Å². The fraction of sp³-hybridized carbons (Fsp3) is 0.355. The number of ether oxygens (including phenoxy) is 1. The van der Waals surface area contributed by atoms with Gasteiger partial charge in [-0.15, -0.1) is 0 Å². The van der Waals surface area contributed by atoms with E-state index in [1.54, 1.807) is 0 Å². The topological polar surface area (TPSA) is 63.6 Å². The SMILES string of the molecule is Cc1cc(CCC(=O)O)cc(C)c1C.Cc1cc(CCC(=O)OCc2ccccc2)cc(C)c1C. The molecule has 4 heteroatoms. The molecule has 0 aliphatic rings. The van der Waals surface area contributed by atoms with Crippen LogP contribution in [0.5, 0.6) is 0 Å². The maximum Gasteiger partial charge on any atom is 0.306 e. The Kier molecular flexibility index (Phi) is 10.7. The summed E-state index contributed by atoms with van der Waals surface area (Å²) in [6.07, 6.45) is 1.99. The van der Waals surface area contributed by atoms with Gasteiger partial charge in [0.25, 0.3) is 0 Å². The van der Waals surface area contributed by atoms with E-state index in [0.29, 0.717) is 19.4 Å². The lowest BCUT2D eigenvalue weighted by atomic mass is 9.98. The fourth-order valence-electron chi connectivity index (χ4n) is 3.85. The molecule has 0 fully saturated rings. The van der Waals surface area contributed by atoms with Crippen molar-refractivity contribution >= 4 is 11.9 Å². The van der Waals surface area contributed by atoms with Crippen LogP contribution in [0.2, 0.25) is 0 Å². The molecular weight excluding hydrogens is 436 g/mol. The monoisotopic (exact) mass is 474 g/mol. The Hall–Kier alpha value is -3.40. The quantitative estimate of drug-likeness (QED) is 0.360. The number of carboxylic acids is 1. The van der Waals surface area contributed by atoms with E-state index in [4.69, 9.17) is 9.84 Å². The predicted molar refractivity (Wildman–Crippen MR) is 142 cm³/mol. The van der Waals surface area contributed by atoms with Gasteiger partial charge in [-0.3, -0.25) is 9.59 Å². The summed E-state index contributed by atoms with van der Waals surface area (Å²) in [6.45, 7) is 12.9. The Morgan fingerprint density at radius 1 is 0.657 bits per heavy atom. The maximum atomic E-state index is 11.8. The van der Waals surface area contributed by atoms with Crippen molar-refractivity contribution in [3.8, 4) is 0 Å². The van der Waals surface area contributed by atoms with Gasteiger partial charge in [-0.25, -0.2) is 0 Å². The second kappa shape index (κ2) is 13.5. The third-order valence-electron chi connectivity index (χ3n) is 6.46. The maximum absolute atomic E-state index is 11.8. The zero-order chi connectivity index (χ0) is 26.0. The molecule has 0 aromatic heterocycles. The van der Waals surface area contributed by atoms with E-state index in [1.807, 2.05) is 30.3 Å². The van der Waals surface area contributed by atoms with Crippen molar-refractivity contribution in [3.05, 3.63) is 105 Å². The molecule has 0 radical (unpaired) electrons. The molecule has 0 atom stereocenters. The second-order valence-electron chi connectivity index (χ2n) is 9.25. The lowest BCUT2D eigenvalue weighted by molar-refractivity contribution is -0.145. The number of benzene rings is 3. The Balaban J connectivity index is 0.000000269. The van der Waals surface area contributed by atoms with Gasteiger partial charge in [0.15, 0.2) is 0 Å². The van der Waals surface area contributed by atoms with Gasteiger partial charge in [0.2, 0.25) is 0 Å². The average molecular weight is 475 g/mol. The molecular formula is C31H38O4. The van der Waals surface area contributed by atoms with Crippen molar-refractivity contribution in [1.29, 1.82) is 0 Å². The van der Waals surface area contributed by atoms with Gasteiger partial charge in [-0.2, -0.15) is 0 Å². The van der Waals surface area contributed by atoms with Gasteiger partial charge in [0.1, 0.15) is 6.61 Å². The van der Waals surface area contributed by atoms with E-state index in [2.05, 4.69) is 65.8 Å². The number of esters is 1. The number of carbonyl (C=O) groups excluding carboxylic acids is 1. The van der Waals surface area contributed by atoms with Crippen LogP contribution in [-0.4, -0.2) is 17.0 Å². The standard InChI is InChI=1S/C19H22O2.C12H16O2/c1-14-11-18(12-15(2)16(14)3)9-10-19(20)21-13-17-7-5-4-6-8-17;1-8-6-11(4-5-12(13)14)7-9(2)10(8)3/h4-8,11-12H,9-10,13H2,1-3H3;6-7H,4-5H2,1-3H3,(H,13,14). The Bertz CT molecular complexity index is 1100. The minimum Gasteiger partial charge on any atom is -0.481 e. The van der Waals surface area contributed by atoms with Crippen molar-refractivity contribution in [3.63, 3.8) is 0 Å².